The smallest absolute Gasteiger partial charge is 0.238 e. The van der Waals surface area contributed by atoms with Gasteiger partial charge in [0.05, 0.1) is 7.11 Å². The van der Waals surface area contributed by atoms with Gasteiger partial charge in [-0.05, 0) is 0 Å². The minimum atomic E-state index is -0.955. The fraction of sp³-hybridized carbons (Fsp3) is 0.222. The van der Waals surface area contributed by atoms with Crippen molar-refractivity contribution >= 4 is 0 Å². The summed E-state index contributed by atoms with van der Waals surface area (Å²) >= 11 is 0. The Morgan fingerprint density at radius 1 is 1.27 bits per heavy atom. The monoisotopic (exact) mass is 206 g/mol. The SMILES string of the molecule is COc1nccnc1C(O)c1ncc[nH]1. The molecule has 2 heterocycles. The number of aromatic amines is 1. The van der Waals surface area contributed by atoms with E-state index in [1.807, 2.05) is 0 Å². The van der Waals surface area contributed by atoms with Crippen LogP contribution in [-0.4, -0.2) is 32.2 Å². The molecular weight excluding hydrogens is 196 g/mol. The molecule has 6 heteroatoms. The van der Waals surface area contributed by atoms with Crippen molar-refractivity contribution in [3.63, 3.8) is 0 Å². The number of aliphatic hydroxyl groups excluding tert-OH is 1. The molecule has 0 saturated carbocycles. The minimum absolute atomic E-state index is 0.293. The number of ether oxygens (including phenoxy) is 1. The van der Waals surface area contributed by atoms with Gasteiger partial charge in [-0.1, -0.05) is 0 Å². The molecule has 0 aliphatic carbocycles. The molecule has 1 atom stereocenters. The van der Waals surface area contributed by atoms with E-state index < -0.39 is 6.10 Å². The zero-order chi connectivity index (χ0) is 10.7. The summed E-state index contributed by atoms with van der Waals surface area (Å²) in [5.41, 5.74) is 0.343. The summed E-state index contributed by atoms with van der Waals surface area (Å²) in [4.78, 5) is 14.7. The summed E-state index contributed by atoms with van der Waals surface area (Å²) in [5, 5.41) is 9.92. The Balaban J connectivity index is 2.37. The van der Waals surface area contributed by atoms with Crippen LogP contribution >= 0.6 is 0 Å². The Bertz CT molecular complexity index is 429. The number of rotatable bonds is 3. The number of aromatic nitrogens is 4. The second kappa shape index (κ2) is 4.05. The molecule has 0 spiro atoms. The number of hydrogen-bond donors (Lipinski definition) is 2. The van der Waals surface area contributed by atoms with E-state index in [0.29, 0.717) is 17.4 Å². The van der Waals surface area contributed by atoms with Gasteiger partial charge in [0, 0.05) is 24.8 Å². The molecule has 0 amide bonds. The molecule has 2 rings (SSSR count). The first kappa shape index (κ1) is 9.60. The molecule has 15 heavy (non-hydrogen) atoms. The van der Waals surface area contributed by atoms with E-state index in [0.717, 1.165) is 0 Å². The van der Waals surface area contributed by atoms with Crippen molar-refractivity contribution in [2.24, 2.45) is 0 Å². The number of methoxy groups -OCH3 is 1. The molecule has 0 saturated heterocycles. The van der Waals surface area contributed by atoms with Crippen LogP contribution in [0.3, 0.4) is 0 Å². The normalized spacial score (nSPS) is 12.4. The highest BCUT2D eigenvalue weighted by atomic mass is 16.5. The lowest BCUT2D eigenvalue weighted by Crippen LogP contribution is -2.07. The molecule has 2 aromatic heterocycles. The third-order valence-electron chi connectivity index (χ3n) is 1.92. The van der Waals surface area contributed by atoms with E-state index in [2.05, 4.69) is 19.9 Å². The van der Waals surface area contributed by atoms with E-state index in [1.165, 1.54) is 19.5 Å². The lowest BCUT2D eigenvalue weighted by Gasteiger charge is -2.09. The maximum atomic E-state index is 9.92. The van der Waals surface area contributed by atoms with Crippen LogP contribution < -0.4 is 4.74 Å². The largest absolute Gasteiger partial charge is 0.480 e. The first-order valence-electron chi connectivity index (χ1n) is 4.35. The van der Waals surface area contributed by atoms with Crippen LogP contribution in [0.15, 0.2) is 24.8 Å². The third kappa shape index (κ3) is 1.79. The maximum Gasteiger partial charge on any atom is 0.238 e. The topological polar surface area (TPSA) is 83.9 Å². The predicted molar refractivity (Wildman–Crippen MR) is 51.2 cm³/mol. The van der Waals surface area contributed by atoms with Gasteiger partial charge in [0.25, 0.3) is 0 Å². The molecule has 78 valence electrons. The fourth-order valence-corrected chi connectivity index (χ4v) is 1.24. The van der Waals surface area contributed by atoms with E-state index in [9.17, 15) is 5.11 Å². The molecule has 0 bridgehead atoms. The molecule has 0 aromatic carbocycles. The van der Waals surface area contributed by atoms with Crippen LogP contribution in [0.4, 0.5) is 0 Å². The van der Waals surface area contributed by atoms with Crippen molar-refractivity contribution in [2.75, 3.05) is 7.11 Å². The third-order valence-corrected chi connectivity index (χ3v) is 1.92. The molecule has 6 nitrogen and oxygen atoms in total. The molecule has 2 N–H and O–H groups in total. The Morgan fingerprint density at radius 3 is 2.73 bits per heavy atom. The van der Waals surface area contributed by atoms with Gasteiger partial charge in [0.15, 0.2) is 6.10 Å². The zero-order valence-corrected chi connectivity index (χ0v) is 8.08. The highest BCUT2D eigenvalue weighted by molar-refractivity contribution is 5.24. The predicted octanol–water partition coefficient (Wildman–Crippen LogP) is 0.290. The number of aliphatic hydroxyl groups is 1. The van der Waals surface area contributed by atoms with Gasteiger partial charge < -0.3 is 14.8 Å². The fourth-order valence-electron chi connectivity index (χ4n) is 1.24. The van der Waals surface area contributed by atoms with Gasteiger partial charge in [0.2, 0.25) is 5.88 Å². The second-order valence-corrected chi connectivity index (χ2v) is 2.83. The lowest BCUT2D eigenvalue weighted by atomic mass is 10.2. The lowest BCUT2D eigenvalue weighted by molar-refractivity contribution is 0.199. The Hall–Kier alpha value is -1.95. The number of hydrogen-bond acceptors (Lipinski definition) is 5. The van der Waals surface area contributed by atoms with Crippen molar-refractivity contribution in [1.82, 2.24) is 19.9 Å². The molecule has 0 aliphatic rings. The van der Waals surface area contributed by atoms with Crippen LogP contribution in [0.25, 0.3) is 0 Å². The molecule has 1 unspecified atom stereocenters. The molecule has 0 fully saturated rings. The molecular formula is C9H10N4O2. The summed E-state index contributed by atoms with van der Waals surface area (Å²) < 4.78 is 4.99. The van der Waals surface area contributed by atoms with Crippen molar-refractivity contribution < 1.29 is 9.84 Å². The van der Waals surface area contributed by atoms with Gasteiger partial charge in [0.1, 0.15) is 11.5 Å². The van der Waals surface area contributed by atoms with Crippen molar-refractivity contribution in [2.45, 2.75) is 6.10 Å². The van der Waals surface area contributed by atoms with E-state index in [1.54, 1.807) is 12.4 Å². The quantitative estimate of drug-likeness (QED) is 0.754. The average Bonchev–Trinajstić information content (AvgIpc) is 2.81. The number of imidazole rings is 1. The first-order chi connectivity index (χ1) is 7.33. The summed E-state index contributed by atoms with van der Waals surface area (Å²) in [6, 6.07) is 0. The van der Waals surface area contributed by atoms with Crippen molar-refractivity contribution in [3.8, 4) is 5.88 Å². The summed E-state index contributed by atoms with van der Waals surface area (Å²) in [5.74, 6) is 0.704. The van der Waals surface area contributed by atoms with Gasteiger partial charge in [-0.25, -0.2) is 9.97 Å². The van der Waals surface area contributed by atoms with Crippen molar-refractivity contribution in [3.05, 3.63) is 36.3 Å². The molecule has 0 radical (unpaired) electrons. The zero-order valence-electron chi connectivity index (χ0n) is 8.08. The van der Waals surface area contributed by atoms with Gasteiger partial charge in [-0.3, -0.25) is 4.98 Å². The Labute approximate surface area is 86.0 Å². The van der Waals surface area contributed by atoms with Gasteiger partial charge in [-0.15, -0.1) is 0 Å². The molecule has 2 aromatic rings. The van der Waals surface area contributed by atoms with Crippen LogP contribution in [0, 0.1) is 0 Å². The van der Waals surface area contributed by atoms with Gasteiger partial charge >= 0.3 is 0 Å². The second-order valence-electron chi connectivity index (χ2n) is 2.83. The first-order valence-corrected chi connectivity index (χ1v) is 4.35. The van der Waals surface area contributed by atoms with Crippen LogP contribution in [0.2, 0.25) is 0 Å². The van der Waals surface area contributed by atoms with Crippen LogP contribution in [0.1, 0.15) is 17.6 Å². The van der Waals surface area contributed by atoms with E-state index in [-0.39, 0.29) is 0 Å². The van der Waals surface area contributed by atoms with E-state index in [4.69, 9.17) is 4.74 Å². The number of H-pyrrole nitrogens is 1. The Morgan fingerprint density at radius 2 is 2.07 bits per heavy atom. The Kier molecular flexibility index (Phi) is 2.59. The summed E-state index contributed by atoms with van der Waals surface area (Å²) in [7, 11) is 1.47. The minimum Gasteiger partial charge on any atom is -0.480 e. The summed E-state index contributed by atoms with van der Waals surface area (Å²) in [6.45, 7) is 0. The maximum absolute atomic E-state index is 9.92. The van der Waals surface area contributed by atoms with Crippen LogP contribution in [0.5, 0.6) is 5.88 Å². The van der Waals surface area contributed by atoms with E-state index >= 15 is 0 Å². The molecule has 0 aliphatic heterocycles. The van der Waals surface area contributed by atoms with Crippen molar-refractivity contribution in [1.29, 1.82) is 0 Å². The van der Waals surface area contributed by atoms with Gasteiger partial charge in [-0.2, -0.15) is 0 Å². The highest BCUT2D eigenvalue weighted by Crippen LogP contribution is 2.23. The van der Waals surface area contributed by atoms with Crippen LogP contribution in [-0.2, 0) is 0 Å². The number of nitrogens with one attached hydrogen (secondary N) is 1. The average molecular weight is 206 g/mol. The summed E-state index contributed by atoms with van der Waals surface area (Å²) in [6.07, 6.45) is 5.22. The standard InChI is InChI=1S/C9H10N4O2/c1-15-9-6(10-2-5-13-9)7(14)8-11-3-4-12-8/h2-5,7,14H,1H3,(H,11,12). The highest BCUT2D eigenvalue weighted by Gasteiger charge is 2.19. The number of nitrogens with zero attached hydrogens (tertiary/aromatic N) is 3.